The summed E-state index contributed by atoms with van der Waals surface area (Å²) in [6.45, 7) is 5.40. The summed E-state index contributed by atoms with van der Waals surface area (Å²) in [7, 11) is 0. The molecule has 2 atom stereocenters. The quantitative estimate of drug-likeness (QED) is 0.682. The molecule has 16 heavy (non-hydrogen) atoms. The Morgan fingerprint density at radius 1 is 1.38 bits per heavy atom. The standard InChI is InChI=1S/C13H26N2O/c1-3-4-5-6-7-13(16)15-12-8-9-14-11(2)10-12/h11-12,14H,3-10H2,1-2H3,(H,15,16). The summed E-state index contributed by atoms with van der Waals surface area (Å²) in [5.74, 6) is 0.246. The number of carbonyl (C=O) groups is 1. The van der Waals surface area contributed by atoms with Crippen LogP contribution in [0.5, 0.6) is 0 Å². The van der Waals surface area contributed by atoms with E-state index in [0.717, 1.165) is 25.8 Å². The Morgan fingerprint density at radius 3 is 2.88 bits per heavy atom. The predicted molar refractivity (Wildman–Crippen MR) is 67.4 cm³/mol. The summed E-state index contributed by atoms with van der Waals surface area (Å²) in [6, 6.07) is 0.939. The predicted octanol–water partition coefficient (Wildman–Crippen LogP) is 2.21. The third-order valence-electron chi connectivity index (χ3n) is 3.25. The molecule has 0 aromatic rings. The minimum atomic E-state index is 0.246. The molecule has 0 spiro atoms. The molecule has 3 nitrogen and oxygen atoms in total. The molecule has 1 heterocycles. The maximum atomic E-state index is 11.6. The molecule has 0 saturated carbocycles. The maximum Gasteiger partial charge on any atom is 0.220 e. The van der Waals surface area contributed by atoms with Gasteiger partial charge in [-0.15, -0.1) is 0 Å². The van der Waals surface area contributed by atoms with Crippen LogP contribution in [-0.4, -0.2) is 24.5 Å². The van der Waals surface area contributed by atoms with Gasteiger partial charge in [-0.1, -0.05) is 26.2 Å². The largest absolute Gasteiger partial charge is 0.353 e. The number of hydrogen-bond donors (Lipinski definition) is 2. The Bertz CT molecular complexity index is 206. The van der Waals surface area contributed by atoms with Crippen molar-refractivity contribution in [2.45, 2.75) is 70.9 Å². The van der Waals surface area contributed by atoms with Gasteiger partial charge in [0.05, 0.1) is 0 Å². The van der Waals surface area contributed by atoms with E-state index in [1.54, 1.807) is 0 Å². The van der Waals surface area contributed by atoms with Gasteiger partial charge in [0.1, 0.15) is 0 Å². The Balaban J connectivity index is 2.08. The minimum Gasteiger partial charge on any atom is -0.353 e. The van der Waals surface area contributed by atoms with E-state index in [4.69, 9.17) is 0 Å². The first-order chi connectivity index (χ1) is 7.72. The molecule has 3 heteroatoms. The van der Waals surface area contributed by atoms with Crippen molar-refractivity contribution in [1.82, 2.24) is 10.6 Å². The highest BCUT2D eigenvalue weighted by Gasteiger charge is 2.19. The van der Waals surface area contributed by atoms with E-state index in [2.05, 4.69) is 24.5 Å². The number of unbranched alkanes of at least 4 members (excludes halogenated alkanes) is 3. The van der Waals surface area contributed by atoms with Crippen LogP contribution in [-0.2, 0) is 4.79 Å². The molecule has 94 valence electrons. The van der Waals surface area contributed by atoms with Crippen LogP contribution >= 0.6 is 0 Å². The van der Waals surface area contributed by atoms with Crippen LogP contribution in [0.4, 0.5) is 0 Å². The zero-order chi connectivity index (χ0) is 11.8. The van der Waals surface area contributed by atoms with Gasteiger partial charge in [0.2, 0.25) is 5.91 Å². The van der Waals surface area contributed by atoms with Gasteiger partial charge in [0.15, 0.2) is 0 Å². The van der Waals surface area contributed by atoms with Crippen molar-refractivity contribution >= 4 is 5.91 Å². The lowest BCUT2D eigenvalue weighted by molar-refractivity contribution is -0.122. The Kier molecular flexibility index (Phi) is 6.46. The monoisotopic (exact) mass is 226 g/mol. The van der Waals surface area contributed by atoms with Gasteiger partial charge in [0, 0.05) is 18.5 Å². The van der Waals surface area contributed by atoms with Crippen LogP contribution in [0.1, 0.15) is 58.8 Å². The van der Waals surface area contributed by atoms with Crippen molar-refractivity contribution in [2.24, 2.45) is 0 Å². The molecule has 0 aromatic heterocycles. The van der Waals surface area contributed by atoms with Crippen molar-refractivity contribution in [1.29, 1.82) is 0 Å². The fraction of sp³-hybridized carbons (Fsp3) is 0.923. The average molecular weight is 226 g/mol. The molecule has 1 fully saturated rings. The van der Waals surface area contributed by atoms with E-state index >= 15 is 0 Å². The first kappa shape index (κ1) is 13.5. The second-order valence-corrected chi connectivity index (χ2v) is 4.95. The van der Waals surface area contributed by atoms with Gasteiger partial charge in [-0.2, -0.15) is 0 Å². The SMILES string of the molecule is CCCCCCC(=O)NC1CCNC(C)C1. The van der Waals surface area contributed by atoms with Crippen molar-refractivity contribution < 1.29 is 4.79 Å². The fourth-order valence-electron chi connectivity index (χ4n) is 2.28. The summed E-state index contributed by atoms with van der Waals surface area (Å²) in [5.41, 5.74) is 0. The molecule has 0 aromatic carbocycles. The van der Waals surface area contributed by atoms with Crippen molar-refractivity contribution in [3.8, 4) is 0 Å². The topological polar surface area (TPSA) is 41.1 Å². The van der Waals surface area contributed by atoms with E-state index in [1.165, 1.54) is 19.3 Å². The van der Waals surface area contributed by atoms with Crippen molar-refractivity contribution in [3.05, 3.63) is 0 Å². The van der Waals surface area contributed by atoms with E-state index in [0.29, 0.717) is 18.5 Å². The third-order valence-corrected chi connectivity index (χ3v) is 3.25. The maximum absolute atomic E-state index is 11.6. The molecule has 1 aliphatic heterocycles. The third kappa shape index (κ3) is 5.50. The summed E-state index contributed by atoms with van der Waals surface area (Å²) < 4.78 is 0. The van der Waals surface area contributed by atoms with Crippen LogP contribution < -0.4 is 10.6 Å². The lowest BCUT2D eigenvalue weighted by Crippen LogP contribution is -2.46. The highest BCUT2D eigenvalue weighted by atomic mass is 16.1. The molecule has 1 saturated heterocycles. The number of piperidine rings is 1. The number of rotatable bonds is 6. The number of hydrogen-bond acceptors (Lipinski definition) is 2. The molecule has 1 rings (SSSR count). The van der Waals surface area contributed by atoms with Gasteiger partial charge in [-0.25, -0.2) is 0 Å². The molecule has 2 N–H and O–H groups in total. The van der Waals surface area contributed by atoms with Crippen LogP contribution in [0.15, 0.2) is 0 Å². The number of amides is 1. The molecular weight excluding hydrogens is 200 g/mol. The molecule has 1 amide bonds. The lowest BCUT2D eigenvalue weighted by Gasteiger charge is -2.28. The first-order valence-electron chi connectivity index (χ1n) is 6.75. The summed E-state index contributed by atoms with van der Waals surface area (Å²) >= 11 is 0. The molecule has 0 radical (unpaired) electrons. The van der Waals surface area contributed by atoms with Crippen LogP contribution in [0.25, 0.3) is 0 Å². The lowest BCUT2D eigenvalue weighted by atomic mass is 10.0. The summed E-state index contributed by atoms with van der Waals surface area (Å²) in [6.07, 6.45) is 7.56. The molecule has 1 aliphatic rings. The second kappa shape index (κ2) is 7.66. The molecular formula is C13H26N2O. The minimum absolute atomic E-state index is 0.246. The van der Waals surface area contributed by atoms with Gasteiger partial charge in [0.25, 0.3) is 0 Å². The zero-order valence-electron chi connectivity index (χ0n) is 10.7. The normalized spacial score (nSPS) is 25.4. The number of carbonyl (C=O) groups excluding carboxylic acids is 1. The van der Waals surface area contributed by atoms with Gasteiger partial charge >= 0.3 is 0 Å². The van der Waals surface area contributed by atoms with Crippen molar-refractivity contribution in [2.75, 3.05) is 6.54 Å². The van der Waals surface area contributed by atoms with E-state index < -0.39 is 0 Å². The Labute approximate surface area is 99.4 Å². The highest BCUT2D eigenvalue weighted by molar-refractivity contribution is 5.76. The van der Waals surface area contributed by atoms with E-state index in [-0.39, 0.29) is 5.91 Å². The molecule has 2 unspecified atom stereocenters. The highest BCUT2D eigenvalue weighted by Crippen LogP contribution is 2.09. The Morgan fingerprint density at radius 2 is 2.19 bits per heavy atom. The first-order valence-corrected chi connectivity index (χ1v) is 6.75. The smallest absolute Gasteiger partial charge is 0.220 e. The van der Waals surface area contributed by atoms with Crippen LogP contribution in [0, 0.1) is 0 Å². The zero-order valence-corrected chi connectivity index (χ0v) is 10.7. The average Bonchev–Trinajstić information content (AvgIpc) is 2.24. The number of nitrogens with one attached hydrogen (secondary N) is 2. The Hall–Kier alpha value is -0.570. The van der Waals surface area contributed by atoms with Crippen LogP contribution in [0.2, 0.25) is 0 Å². The van der Waals surface area contributed by atoms with Gasteiger partial charge < -0.3 is 10.6 Å². The summed E-state index contributed by atoms with van der Waals surface area (Å²) in [5, 5.41) is 6.54. The molecule has 0 bridgehead atoms. The summed E-state index contributed by atoms with van der Waals surface area (Å²) in [4.78, 5) is 11.6. The molecule has 0 aliphatic carbocycles. The van der Waals surface area contributed by atoms with Crippen molar-refractivity contribution in [3.63, 3.8) is 0 Å². The van der Waals surface area contributed by atoms with Crippen LogP contribution in [0.3, 0.4) is 0 Å². The second-order valence-electron chi connectivity index (χ2n) is 4.95. The fourth-order valence-corrected chi connectivity index (χ4v) is 2.28. The van der Waals surface area contributed by atoms with Gasteiger partial charge in [-0.05, 0) is 32.7 Å². The van der Waals surface area contributed by atoms with E-state index in [9.17, 15) is 4.79 Å². The van der Waals surface area contributed by atoms with Gasteiger partial charge in [-0.3, -0.25) is 4.79 Å². The van der Waals surface area contributed by atoms with E-state index in [1.807, 2.05) is 0 Å².